The third-order valence-electron chi connectivity index (χ3n) is 11.9. The van der Waals surface area contributed by atoms with E-state index in [4.69, 9.17) is 25.2 Å². The molecule has 8 nitrogen and oxygen atoms in total. The number of methoxy groups -OCH3 is 1. The van der Waals surface area contributed by atoms with Crippen LogP contribution in [0.15, 0.2) is 127 Å². The highest BCUT2D eigenvalue weighted by Gasteiger charge is 2.47. The van der Waals surface area contributed by atoms with E-state index in [9.17, 15) is 9.18 Å². The van der Waals surface area contributed by atoms with Gasteiger partial charge in [0.2, 0.25) is 0 Å². The summed E-state index contributed by atoms with van der Waals surface area (Å²) in [5, 5.41) is 3.54. The fourth-order valence-corrected chi connectivity index (χ4v) is 8.83. The third kappa shape index (κ3) is 10.9. The first kappa shape index (κ1) is 43.8. The summed E-state index contributed by atoms with van der Waals surface area (Å²) in [6.45, 7) is 18.8. The molecule has 0 bridgehead atoms. The van der Waals surface area contributed by atoms with Gasteiger partial charge in [0.1, 0.15) is 29.8 Å². The number of anilines is 1. The molecule has 1 N–H and O–H groups in total. The molecule has 1 aliphatic rings. The van der Waals surface area contributed by atoms with Crippen molar-refractivity contribution in [3.63, 3.8) is 0 Å². The molecule has 5 aromatic carbocycles. The number of carbonyl (C=O) groups excluding carboxylic acids is 2. The van der Waals surface area contributed by atoms with Crippen molar-refractivity contribution in [1.82, 2.24) is 0 Å². The van der Waals surface area contributed by atoms with E-state index in [1.54, 1.807) is 31.4 Å². The van der Waals surface area contributed by atoms with Crippen molar-refractivity contribution in [2.75, 3.05) is 19.0 Å². The lowest BCUT2D eigenvalue weighted by Crippen LogP contribution is -2.42. The molecule has 0 aliphatic carbocycles. The Morgan fingerprint density at radius 1 is 0.900 bits per heavy atom. The minimum absolute atomic E-state index is 0.131. The number of hydrogen-bond acceptors (Lipinski definition) is 7. The molecule has 5 aromatic rings. The number of nitrogens with zero attached hydrogens (tertiary/aromatic N) is 1. The van der Waals surface area contributed by atoms with E-state index < -0.39 is 38.3 Å². The fourth-order valence-electron chi connectivity index (χ4n) is 7.51. The second-order valence-electron chi connectivity index (χ2n) is 17.0. The van der Waals surface area contributed by atoms with Crippen molar-refractivity contribution in [3.05, 3.63) is 167 Å². The molecule has 1 saturated heterocycles. The van der Waals surface area contributed by atoms with E-state index in [1.165, 1.54) is 12.1 Å². The molecule has 5 atom stereocenters. The number of esters is 1. The summed E-state index contributed by atoms with van der Waals surface area (Å²) in [6, 6.07) is 38.0. The second kappa shape index (κ2) is 19.5. The lowest BCUT2D eigenvalue weighted by molar-refractivity contribution is -0.146. The minimum atomic E-state index is -2.40. The van der Waals surface area contributed by atoms with Gasteiger partial charge >= 0.3 is 5.97 Å². The van der Waals surface area contributed by atoms with Crippen LogP contribution in [0, 0.1) is 30.1 Å². The van der Waals surface area contributed by atoms with Crippen molar-refractivity contribution >= 4 is 31.4 Å². The first-order valence-corrected chi connectivity index (χ1v) is 23.4. The van der Waals surface area contributed by atoms with Crippen LogP contribution in [0.3, 0.4) is 0 Å². The molecule has 1 aliphatic heterocycles. The standard InChI is InChI=1S/C50H55FN2O6Si/c1-50(2,3)60(6,7)59-44(36-18-20-38(51)21-19-36)29-28-43(48(54)46-37(33-58-49(46)55)30-34-14-10-8-11-15-34)47(53-40-24-22-39(52-4)23-25-40)42-27-26-41(56-5)31-45(42)57-32-35-16-12-9-13-17-35/h8-27,31,37,43-44,46-47,53H,28-30,32-33H2,1-3,5-7H3/t37-,43+,44-,46?,47+/m0/s1. The highest BCUT2D eigenvalue weighted by Crippen LogP contribution is 2.45. The van der Waals surface area contributed by atoms with Crippen LogP contribution in [-0.4, -0.2) is 33.8 Å². The third-order valence-corrected chi connectivity index (χ3v) is 16.4. The van der Waals surface area contributed by atoms with E-state index >= 15 is 4.79 Å². The largest absolute Gasteiger partial charge is 0.497 e. The van der Waals surface area contributed by atoms with Crippen LogP contribution in [0.4, 0.5) is 15.8 Å². The Morgan fingerprint density at radius 3 is 2.17 bits per heavy atom. The van der Waals surface area contributed by atoms with E-state index in [0.29, 0.717) is 47.7 Å². The average Bonchev–Trinajstić information content (AvgIpc) is 3.61. The summed E-state index contributed by atoms with van der Waals surface area (Å²) in [6.07, 6.45) is 0.706. The molecule has 0 radical (unpaired) electrons. The molecule has 60 heavy (non-hydrogen) atoms. The quantitative estimate of drug-likeness (QED) is 0.0407. The molecule has 6 rings (SSSR count). The highest BCUT2D eigenvalue weighted by molar-refractivity contribution is 6.74. The number of halogens is 1. The number of nitrogens with one attached hydrogen (secondary N) is 1. The zero-order chi connectivity index (χ0) is 42.9. The predicted octanol–water partition coefficient (Wildman–Crippen LogP) is 11.9. The number of ketones is 1. The van der Waals surface area contributed by atoms with Crippen molar-refractivity contribution in [2.24, 2.45) is 17.8 Å². The first-order valence-electron chi connectivity index (χ1n) is 20.5. The van der Waals surface area contributed by atoms with E-state index in [2.05, 4.69) is 44.0 Å². The fraction of sp³-hybridized carbons (Fsp3) is 0.340. The van der Waals surface area contributed by atoms with Gasteiger partial charge in [0.05, 0.1) is 32.4 Å². The smallest absolute Gasteiger partial charge is 0.316 e. The molecule has 1 unspecified atom stereocenters. The Hall–Kier alpha value is -5.76. The lowest BCUT2D eigenvalue weighted by Gasteiger charge is -2.40. The lowest BCUT2D eigenvalue weighted by atomic mass is 9.75. The number of carbonyl (C=O) groups is 2. The van der Waals surface area contributed by atoms with Crippen molar-refractivity contribution in [1.29, 1.82) is 0 Å². The highest BCUT2D eigenvalue weighted by atomic mass is 28.4. The minimum Gasteiger partial charge on any atom is -0.497 e. The molecule has 1 heterocycles. The number of hydrogen-bond donors (Lipinski definition) is 1. The number of ether oxygens (including phenoxy) is 3. The summed E-state index contributed by atoms with van der Waals surface area (Å²) in [5.74, 6) is -2.27. The maximum Gasteiger partial charge on any atom is 0.316 e. The molecule has 0 aromatic heterocycles. The zero-order valence-corrected chi connectivity index (χ0v) is 36.3. The van der Waals surface area contributed by atoms with Gasteiger partial charge in [-0.3, -0.25) is 9.59 Å². The van der Waals surface area contributed by atoms with Gasteiger partial charge in [-0.15, -0.1) is 0 Å². The number of Topliss-reactive ketones (excluding diaryl/α,β-unsaturated/α-hetero) is 1. The maximum atomic E-state index is 15.6. The Balaban J connectivity index is 1.48. The SMILES string of the molecule is [C-]#[N+]c1ccc(N[C@H](c2ccc(OC)cc2OCc2ccccc2)[C@@H](CC[C@H](O[Si](C)(C)C(C)(C)C)c2ccc(F)cc2)C(=O)C2C(=O)OC[C@@H]2Cc2ccccc2)cc1. The van der Waals surface area contributed by atoms with Crippen molar-refractivity contribution < 1.29 is 32.6 Å². The van der Waals surface area contributed by atoms with Crippen LogP contribution in [-0.2, 0) is 31.8 Å². The number of cyclic esters (lactones) is 1. The molecule has 0 saturated carbocycles. The zero-order valence-electron chi connectivity index (χ0n) is 35.3. The topological polar surface area (TPSA) is 87.5 Å². The van der Waals surface area contributed by atoms with Crippen molar-refractivity contribution in [3.8, 4) is 11.5 Å². The summed E-state index contributed by atoms with van der Waals surface area (Å²) in [5.41, 5.74) is 4.62. The Bertz CT molecular complexity index is 2240. The van der Waals surface area contributed by atoms with E-state index in [-0.39, 0.29) is 35.8 Å². The van der Waals surface area contributed by atoms with Crippen LogP contribution >= 0.6 is 0 Å². The van der Waals surface area contributed by atoms with E-state index in [0.717, 1.165) is 16.7 Å². The van der Waals surface area contributed by atoms with Gasteiger partial charge < -0.3 is 24.0 Å². The number of rotatable bonds is 18. The Morgan fingerprint density at radius 2 is 1.55 bits per heavy atom. The summed E-state index contributed by atoms with van der Waals surface area (Å²) >= 11 is 0. The molecule has 312 valence electrons. The Kier molecular flexibility index (Phi) is 14.3. The van der Waals surface area contributed by atoms with E-state index in [1.807, 2.05) is 91.0 Å². The van der Waals surface area contributed by atoms with Crippen molar-refractivity contribution in [2.45, 2.75) is 76.9 Å². The average molecular weight is 827 g/mol. The van der Waals surface area contributed by atoms with Gasteiger partial charge in [-0.2, -0.15) is 0 Å². The molecule has 0 amide bonds. The predicted molar refractivity (Wildman–Crippen MR) is 236 cm³/mol. The molecular formula is C50H55FN2O6Si. The summed E-state index contributed by atoms with van der Waals surface area (Å²) in [4.78, 5) is 33.0. The number of benzene rings is 5. The van der Waals surface area contributed by atoms with Gasteiger partial charge in [0.15, 0.2) is 19.8 Å². The summed E-state index contributed by atoms with van der Waals surface area (Å²) in [7, 11) is -0.814. The Labute approximate surface area is 355 Å². The maximum absolute atomic E-state index is 15.6. The van der Waals surface area contributed by atoms with Crippen LogP contribution in [0.5, 0.6) is 11.5 Å². The van der Waals surface area contributed by atoms with Gasteiger partial charge in [0, 0.05) is 29.2 Å². The molecule has 10 heteroatoms. The summed E-state index contributed by atoms with van der Waals surface area (Å²) < 4.78 is 39.4. The van der Waals surface area contributed by atoms with Crippen LogP contribution < -0.4 is 14.8 Å². The molecule has 0 spiro atoms. The van der Waals surface area contributed by atoms with Crippen LogP contribution in [0.25, 0.3) is 4.85 Å². The van der Waals surface area contributed by atoms with Gasteiger partial charge in [-0.25, -0.2) is 9.24 Å². The van der Waals surface area contributed by atoms with Gasteiger partial charge in [0.25, 0.3) is 0 Å². The van der Waals surface area contributed by atoms with Gasteiger partial charge in [-0.05, 0) is 90.5 Å². The van der Waals surface area contributed by atoms with Gasteiger partial charge in [-0.1, -0.05) is 106 Å². The first-order chi connectivity index (χ1) is 28.8. The van der Waals surface area contributed by atoms with Crippen LogP contribution in [0.1, 0.15) is 68.0 Å². The normalized spacial score (nSPS) is 16.9. The molecular weight excluding hydrogens is 772 g/mol. The molecule has 1 fully saturated rings. The second-order valence-corrected chi connectivity index (χ2v) is 21.8. The monoisotopic (exact) mass is 826 g/mol. The van der Waals surface area contributed by atoms with Crippen LogP contribution in [0.2, 0.25) is 18.1 Å².